The molecule has 73 heavy (non-hydrogen) atoms. The van der Waals surface area contributed by atoms with Gasteiger partial charge >= 0.3 is 23.9 Å². The Morgan fingerprint density at radius 1 is 0.466 bits per heavy atom. The van der Waals surface area contributed by atoms with E-state index >= 15 is 0 Å². The van der Waals surface area contributed by atoms with Gasteiger partial charge < -0.3 is 39.0 Å². The van der Waals surface area contributed by atoms with Crippen molar-refractivity contribution < 1.29 is 58.2 Å². The van der Waals surface area contributed by atoms with Crippen LogP contribution in [-0.4, -0.2) is 89.2 Å². The minimum atomic E-state index is -1.93. The third kappa shape index (κ3) is 39.3. The van der Waals surface area contributed by atoms with Crippen LogP contribution in [0.3, 0.4) is 0 Å². The maximum Gasteiger partial charge on any atom is 0.335 e. The molecule has 0 bridgehead atoms. The molecule has 1 fully saturated rings. The first kappa shape index (κ1) is 67.2. The van der Waals surface area contributed by atoms with Crippen LogP contribution in [0.4, 0.5) is 0 Å². The van der Waals surface area contributed by atoms with Gasteiger partial charge in [0.25, 0.3) is 0 Å². The normalized spacial score (nSPS) is 18.8. The Bertz CT molecular complexity index is 1550. The number of aliphatic hydroxyl groups excluding tert-OH is 2. The molecule has 1 rings (SSSR count). The monoisotopic (exact) mass is 1030 g/mol. The van der Waals surface area contributed by atoms with Gasteiger partial charge in [0.15, 0.2) is 24.6 Å². The summed E-state index contributed by atoms with van der Waals surface area (Å²) in [6.45, 7) is 5.81. The minimum absolute atomic E-state index is 0.0632. The van der Waals surface area contributed by atoms with Gasteiger partial charge in [-0.1, -0.05) is 196 Å². The van der Waals surface area contributed by atoms with E-state index in [1.165, 1.54) is 89.9 Å². The van der Waals surface area contributed by atoms with Gasteiger partial charge in [-0.2, -0.15) is 0 Å². The fourth-order valence-corrected chi connectivity index (χ4v) is 8.31. The van der Waals surface area contributed by atoms with Gasteiger partial charge in [-0.3, -0.25) is 14.4 Å². The van der Waals surface area contributed by atoms with Crippen molar-refractivity contribution in [2.75, 3.05) is 13.2 Å². The smallest absolute Gasteiger partial charge is 0.335 e. The average Bonchev–Trinajstić information content (AvgIpc) is 3.37. The Morgan fingerprint density at radius 2 is 0.890 bits per heavy atom. The molecule has 12 heteroatoms. The first-order chi connectivity index (χ1) is 35.6. The number of carboxylic acid groups (broad SMARTS) is 1. The first-order valence-electron chi connectivity index (χ1n) is 28.9. The third-order valence-electron chi connectivity index (χ3n) is 12.8. The number of ether oxygens (including phenoxy) is 5. The molecular weight excluding hydrogens is 925 g/mol. The molecule has 0 radical (unpaired) electrons. The summed E-state index contributed by atoms with van der Waals surface area (Å²) in [6, 6.07) is 0. The highest BCUT2D eigenvalue weighted by Gasteiger charge is 2.50. The predicted molar refractivity (Wildman–Crippen MR) is 294 cm³/mol. The molecule has 0 aliphatic carbocycles. The molecule has 418 valence electrons. The maximum absolute atomic E-state index is 13.1. The van der Waals surface area contributed by atoms with Crippen molar-refractivity contribution in [3.8, 4) is 0 Å². The molecule has 1 aliphatic rings. The summed E-state index contributed by atoms with van der Waals surface area (Å²) in [5, 5.41) is 31.4. The lowest BCUT2D eigenvalue weighted by Crippen LogP contribution is -2.61. The number of hydrogen-bond acceptors (Lipinski definition) is 11. The number of aliphatic carboxylic acids is 1. The number of aliphatic hydroxyl groups is 2. The molecule has 0 aromatic carbocycles. The molecule has 6 unspecified atom stereocenters. The molecule has 1 aliphatic heterocycles. The van der Waals surface area contributed by atoms with Gasteiger partial charge in [-0.05, 0) is 96.3 Å². The van der Waals surface area contributed by atoms with Gasteiger partial charge in [0.2, 0.25) is 0 Å². The highest BCUT2D eigenvalue weighted by Crippen LogP contribution is 2.26. The number of carbonyl (C=O) groups excluding carboxylic acids is 3. The second-order valence-corrected chi connectivity index (χ2v) is 19.5. The van der Waals surface area contributed by atoms with Crippen molar-refractivity contribution >= 4 is 23.9 Å². The highest BCUT2D eigenvalue weighted by molar-refractivity contribution is 5.74. The number of hydrogen-bond donors (Lipinski definition) is 3. The third-order valence-corrected chi connectivity index (χ3v) is 12.8. The molecule has 0 amide bonds. The van der Waals surface area contributed by atoms with Crippen LogP contribution < -0.4 is 0 Å². The van der Waals surface area contributed by atoms with Crippen LogP contribution in [0, 0.1) is 0 Å². The number of esters is 3. The summed E-state index contributed by atoms with van der Waals surface area (Å²) >= 11 is 0. The van der Waals surface area contributed by atoms with Crippen LogP contribution in [0.2, 0.25) is 0 Å². The number of carboxylic acids is 1. The molecule has 0 spiro atoms. The number of rotatable bonds is 48. The molecule has 0 aromatic heterocycles. The second kappa shape index (κ2) is 49.1. The van der Waals surface area contributed by atoms with E-state index in [0.29, 0.717) is 25.7 Å². The lowest BCUT2D eigenvalue weighted by atomic mass is 9.98. The number of unbranched alkanes of at least 4 members (excludes halogenated alkanes) is 22. The molecule has 1 saturated heterocycles. The molecule has 12 nitrogen and oxygen atoms in total. The van der Waals surface area contributed by atoms with Crippen molar-refractivity contribution in [3.63, 3.8) is 0 Å². The molecular formula is C61H102O12. The quantitative estimate of drug-likeness (QED) is 0.0228. The van der Waals surface area contributed by atoms with E-state index in [2.05, 4.69) is 75.5 Å². The zero-order valence-electron chi connectivity index (χ0n) is 45.9. The van der Waals surface area contributed by atoms with Crippen LogP contribution in [0.25, 0.3) is 0 Å². The maximum atomic E-state index is 13.1. The zero-order valence-corrected chi connectivity index (χ0v) is 45.9. The Kier molecular flexibility index (Phi) is 45.1. The Morgan fingerprint density at radius 3 is 1.38 bits per heavy atom. The minimum Gasteiger partial charge on any atom is -0.479 e. The van der Waals surface area contributed by atoms with Gasteiger partial charge in [0.05, 0.1) is 6.61 Å². The van der Waals surface area contributed by atoms with Gasteiger partial charge in [0, 0.05) is 19.3 Å². The molecule has 1 heterocycles. The summed E-state index contributed by atoms with van der Waals surface area (Å²) in [6.07, 6.45) is 48.9. The summed E-state index contributed by atoms with van der Waals surface area (Å²) in [5.41, 5.74) is 0. The topological polar surface area (TPSA) is 175 Å². The van der Waals surface area contributed by atoms with Crippen molar-refractivity contribution in [2.45, 2.75) is 276 Å². The summed E-state index contributed by atoms with van der Waals surface area (Å²) < 4.78 is 28.3. The first-order valence-corrected chi connectivity index (χ1v) is 28.9. The van der Waals surface area contributed by atoms with E-state index < -0.39 is 67.3 Å². The predicted octanol–water partition coefficient (Wildman–Crippen LogP) is 14.6. The van der Waals surface area contributed by atoms with E-state index in [0.717, 1.165) is 83.5 Å². The van der Waals surface area contributed by atoms with Crippen molar-refractivity contribution in [2.24, 2.45) is 0 Å². The fourth-order valence-electron chi connectivity index (χ4n) is 8.31. The largest absolute Gasteiger partial charge is 0.479 e. The van der Waals surface area contributed by atoms with E-state index in [9.17, 15) is 34.5 Å². The van der Waals surface area contributed by atoms with Gasteiger partial charge in [-0.25, -0.2) is 4.79 Å². The van der Waals surface area contributed by atoms with Crippen molar-refractivity contribution in [3.05, 3.63) is 72.9 Å². The zero-order chi connectivity index (χ0) is 53.3. The van der Waals surface area contributed by atoms with Crippen LogP contribution in [0.1, 0.15) is 239 Å². The lowest BCUT2D eigenvalue weighted by molar-refractivity contribution is -0.301. The number of carbonyl (C=O) groups is 4. The van der Waals surface area contributed by atoms with E-state index in [1.807, 2.05) is 18.2 Å². The molecule has 0 saturated carbocycles. The Hall–Kier alpha value is -3.84. The summed E-state index contributed by atoms with van der Waals surface area (Å²) in [5.74, 6) is -3.24. The second-order valence-electron chi connectivity index (χ2n) is 19.5. The Balaban J connectivity index is 2.73. The van der Waals surface area contributed by atoms with Crippen LogP contribution in [0.5, 0.6) is 0 Å². The summed E-state index contributed by atoms with van der Waals surface area (Å²) in [4.78, 5) is 51.0. The van der Waals surface area contributed by atoms with Gasteiger partial charge in [0.1, 0.15) is 18.8 Å². The van der Waals surface area contributed by atoms with Crippen LogP contribution in [-0.2, 0) is 42.9 Å². The SMILES string of the molecule is CC/C=C\C/C=C\C/C=C\C/C=C\CCC(=O)OC1C(OCC(COC(=O)CCCCCCCCC/C=C\CCCCCCCC)OC(=O)CCCCCCC/C=C\CCCCCC)OC(C(=O)O)C(O)C1O. The average molecular weight is 1030 g/mol. The fraction of sp³-hybridized carbons (Fsp3) is 0.738. The van der Waals surface area contributed by atoms with Crippen LogP contribution in [0.15, 0.2) is 72.9 Å². The Labute approximate surface area is 442 Å². The van der Waals surface area contributed by atoms with Crippen molar-refractivity contribution in [1.29, 1.82) is 0 Å². The van der Waals surface area contributed by atoms with Crippen LogP contribution >= 0.6 is 0 Å². The molecule has 0 aromatic rings. The summed E-state index contributed by atoms with van der Waals surface area (Å²) in [7, 11) is 0. The number of allylic oxidation sites excluding steroid dienone is 12. The van der Waals surface area contributed by atoms with E-state index in [-0.39, 0.29) is 25.9 Å². The highest BCUT2D eigenvalue weighted by atomic mass is 16.7. The standard InChI is InChI=1S/C61H102O12/c1-4-7-10-13-16-19-22-25-26-27-28-31-32-35-38-41-44-47-53(62)69-50-52(71-54(63)48-45-42-39-36-33-29-23-20-17-14-11-8-5-2)51-70-61-59(57(66)56(65)58(73-61)60(67)68)72-55(64)49-46-43-40-37-34-30-24-21-18-15-12-9-6-3/h9,12,18,20-21,23,25-26,30,34,40,43,52,56-59,61,65-66H,4-8,10-11,13-17,19,22,24,27-29,31-33,35-39,41-42,44-51H2,1-3H3,(H,67,68)/b12-9-,21-18-,23-20-,26-25-,34-30-,43-40-. The van der Waals surface area contributed by atoms with E-state index in [1.54, 1.807) is 0 Å². The molecule has 6 atom stereocenters. The molecule has 3 N–H and O–H groups in total. The van der Waals surface area contributed by atoms with E-state index in [4.69, 9.17) is 23.7 Å². The van der Waals surface area contributed by atoms with Gasteiger partial charge in [-0.15, -0.1) is 0 Å². The lowest BCUT2D eigenvalue weighted by Gasteiger charge is -2.40. The van der Waals surface area contributed by atoms with Crippen molar-refractivity contribution in [1.82, 2.24) is 0 Å².